The Morgan fingerprint density at radius 3 is 2.39 bits per heavy atom. The lowest BCUT2D eigenvalue weighted by Gasteiger charge is -2.39. The van der Waals surface area contributed by atoms with Gasteiger partial charge in [0.1, 0.15) is 11.5 Å². The van der Waals surface area contributed by atoms with Crippen LogP contribution in [0.2, 0.25) is 0 Å². The zero-order chi connectivity index (χ0) is 22.7. The Bertz CT molecular complexity index is 1010. The topological polar surface area (TPSA) is 54.0 Å². The van der Waals surface area contributed by atoms with E-state index in [1.54, 1.807) is 38.2 Å². The predicted molar refractivity (Wildman–Crippen MR) is 118 cm³/mol. The third-order valence-electron chi connectivity index (χ3n) is 4.89. The number of alkyl halides is 2. The van der Waals surface area contributed by atoms with Gasteiger partial charge in [-0.3, -0.25) is 9.69 Å². The second-order valence-corrected chi connectivity index (χ2v) is 7.42. The van der Waals surface area contributed by atoms with Gasteiger partial charge in [-0.25, -0.2) is 0 Å². The summed E-state index contributed by atoms with van der Waals surface area (Å²) in [6.07, 6.45) is 0. The third kappa shape index (κ3) is 4.61. The average Bonchev–Trinajstić information content (AvgIpc) is 2.73. The van der Waals surface area contributed by atoms with E-state index in [0.717, 1.165) is 0 Å². The van der Waals surface area contributed by atoms with Crippen molar-refractivity contribution >= 4 is 28.9 Å². The number of benzene rings is 2. The van der Waals surface area contributed by atoms with Crippen LogP contribution in [0.3, 0.4) is 0 Å². The Morgan fingerprint density at radius 2 is 1.81 bits per heavy atom. The molecule has 1 aliphatic heterocycles. The molecule has 0 radical (unpaired) electrons. The van der Waals surface area contributed by atoms with Crippen LogP contribution >= 0.6 is 12.2 Å². The quantitative estimate of drug-likeness (QED) is 0.673. The molecule has 2 aromatic carbocycles. The molecule has 0 unspecified atom stereocenters. The van der Waals surface area contributed by atoms with E-state index in [0.29, 0.717) is 33.4 Å². The Kier molecular flexibility index (Phi) is 6.74. The van der Waals surface area contributed by atoms with Crippen molar-refractivity contribution in [3.63, 3.8) is 0 Å². The largest absolute Gasteiger partial charge is 0.495 e. The first kappa shape index (κ1) is 22.5. The van der Waals surface area contributed by atoms with Crippen LogP contribution < -0.4 is 19.7 Å². The maximum Gasteiger partial charge on any atom is 0.387 e. The highest BCUT2D eigenvalue weighted by molar-refractivity contribution is 7.80. The summed E-state index contributed by atoms with van der Waals surface area (Å²) >= 11 is 5.64. The SMILES string of the molecule is COc1ccccc1N1C(=S)N[C@@H](c2ccc(OC(F)F)cc2)C(C(=O)N(C)C)=C1C. The molecule has 2 aromatic rings. The summed E-state index contributed by atoms with van der Waals surface area (Å²) in [6, 6.07) is 12.9. The first-order valence-corrected chi connectivity index (χ1v) is 9.86. The van der Waals surface area contributed by atoms with Crippen LogP contribution in [0.25, 0.3) is 0 Å². The molecule has 0 spiro atoms. The highest BCUT2D eigenvalue weighted by atomic mass is 32.1. The van der Waals surface area contributed by atoms with E-state index in [-0.39, 0.29) is 11.7 Å². The number of nitrogens with zero attached hydrogens (tertiary/aromatic N) is 2. The van der Waals surface area contributed by atoms with E-state index in [4.69, 9.17) is 17.0 Å². The Hall–Kier alpha value is -3.20. The van der Waals surface area contributed by atoms with Gasteiger partial charge in [0, 0.05) is 19.8 Å². The Morgan fingerprint density at radius 1 is 1.16 bits per heavy atom. The standard InChI is InChI=1S/C22H23F2N3O3S/c1-13-18(20(28)26(2)3)19(14-9-11-15(12-10-14)30-21(23)24)25-22(31)27(13)16-7-5-6-8-17(16)29-4/h5-12,19,21H,1-4H3,(H,25,31)/t19-/m0/s1. The predicted octanol–water partition coefficient (Wildman–Crippen LogP) is 4.09. The summed E-state index contributed by atoms with van der Waals surface area (Å²) in [5.74, 6) is 0.439. The Balaban J connectivity index is 2.10. The first-order chi connectivity index (χ1) is 14.7. The summed E-state index contributed by atoms with van der Waals surface area (Å²) in [5, 5.41) is 3.60. The van der Waals surface area contributed by atoms with Crippen molar-refractivity contribution in [2.75, 3.05) is 26.1 Å². The van der Waals surface area contributed by atoms with Crippen molar-refractivity contribution in [1.82, 2.24) is 10.2 Å². The molecule has 0 saturated carbocycles. The van der Waals surface area contributed by atoms with Gasteiger partial charge >= 0.3 is 6.61 Å². The number of carbonyl (C=O) groups is 1. The molecule has 9 heteroatoms. The normalized spacial score (nSPS) is 16.3. The van der Waals surface area contributed by atoms with Crippen molar-refractivity contribution in [3.8, 4) is 11.5 Å². The second-order valence-electron chi connectivity index (χ2n) is 7.04. The molecule has 164 valence electrons. The highest BCUT2D eigenvalue weighted by Crippen LogP contribution is 2.38. The van der Waals surface area contributed by atoms with E-state index < -0.39 is 12.7 Å². The number of para-hydroxylation sites is 2. The molecular formula is C22H23F2N3O3S. The number of hydrogen-bond acceptors (Lipinski definition) is 4. The van der Waals surface area contributed by atoms with Gasteiger partial charge in [0.2, 0.25) is 0 Å². The molecule has 1 amide bonds. The van der Waals surface area contributed by atoms with Gasteiger partial charge in [0.15, 0.2) is 5.11 Å². The zero-order valence-corrected chi connectivity index (χ0v) is 18.4. The maximum atomic E-state index is 13.1. The zero-order valence-electron chi connectivity index (χ0n) is 17.6. The van der Waals surface area contributed by atoms with Crippen LogP contribution in [0.5, 0.6) is 11.5 Å². The molecule has 0 bridgehead atoms. The third-order valence-corrected chi connectivity index (χ3v) is 5.19. The van der Waals surface area contributed by atoms with E-state index >= 15 is 0 Å². The molecule has 1 atom stereocenters. The molecule has 3 rings (SSSR count). The van der Waals surface area contributed by atoms with Crippen molar-refractivity contribution in [2.24, 2.45) is 0 Å². The fraction of sp³-hybridized carbons (Fsp3) is 0.273. The summed E-state index contributed by atoms with van der Waals surface area (Å²) in [7, 11) is 4.90. The monoisotopic (exact) mass is 447 g/mol. The molecule has 1 heterocycles. The van der Waals surface area contributed by atoms with E-state index in [9.17, 15) is 13.6 Å². The van der Waals surface area contributed by atoms with Gasteiger partial charge in [0.25, 0.3) is 5.91 Å². The molecule has 31 heavy (non-hydrogen) atoms. The van der Waals surface area contributed by atoms with Crippen molar-refractivity contribution in [2.45, 2.75) is 19.6 Å². The van der Waals surface area contributed by atoms with Gasteiger partial charge in [-0.2, -0.15) is 8.78 Å². The van der Waals surface area contributed by atoms with Crippen LogP contribution in [-0.4, -0.2) is 43.7 Å². The van der Waals surface area contributed by atoms with Gasteiger partial charge in [-0.1, -0.05) is 24.3 Å². The molecule has 0 aromatic heterocycles. The average molecular weight is 448 g/mol. The minimum atomic E-state index is -2.91. The number of anilines is 1. The fourth-order valence-corrected chi connectivity index (χ4v) is 3.81. The van der Waals surface area contributed by atoms with E-state index in [1.807, 2.05) is 31.2 Å². The molecule has 0 saturated heterocycles. The van der Waals surface area contributed by atoms with Crippen LogP contribution in [0.15, 0.2) is 59.8 Å². The number of likely N-dealkylation sites (N-methyl/N-ethyl adjacent to an activating group) is 1. The minimum absolute atomic E-state index is 0.0361. The van der Waals surface area contributed by atoms with E-state index in [1.165, 1.54) is 17.0 Å². The number of ether oxygens (including phenoxy) is 2. The number of carbonyl (C=O) groups excluding carboxylic acids is 1. The number of hydrogen-bond donors (Lipinski definition) is 1. The van der Waals surface area contributed by atoms with Crippen LogP contribution in [0.1, 0.15) is 18.5 Å². The number of rotatable bonds is 6. The van der Waals surface area contributed by atoms with Crippen molar-refractivity contribution in [3.05, 3.63) is 65.4 Å². The molecule has 0 fully saturated rings. The van der Waals surface area contributed by atoms with Gasteiger partial charge < -0.3 is 19.7 Å². The molecule has 1 aliphatic rings. The van der Waals surface area contributed by atoms with Crippen LogP contribution in [-0.2, 0) is 4.79 Å². The molecule has 1 N–H and O–H groups in total. The highest BCUT2D eigenvalue weighted by Gasteiger charge is 2.36. The lowest BCUT2D eigenvalue weighted by atomic mass is 9.93. The summed E-state index contributed by atoms with van der Waals surface area (Å²) in [5.41, 5.74) is 2.51. The van der Waals surface area contributed by atoms with Crippen molar-refractivity contribution in [1.29, 1.82) is 0 Å². The summed E-state index contributed by atoms with van der Waals surface area (Å²) in [6.45, 7) is -1.09. The smallest absolute Gasteiger partial charge is 0.387 e. The number of amides is 1. The van der Waals surface area contributed by atoms with Crippen LogP contribution in [0.4, 0.5) is 14.5 Å². The fourth-order valence-electron chi connectivity index (χ4n) is 3.46. The molecule has 6 nitrogen and oxygen atoms in total. The van der Waals surface area contributed by atoms with E-state index in [2.05, 4.69) is 10.1 Å². The molecule has 0 aliphatic carbocycles. The summed E-state index contributed by atoms with van der Waals surface area (Å²) in [4.78, 5) is 16.4. The lowest BCUT2D eigenvalue weighted by molar-refractivity contribution is -0.125. The first-order valence-electron chi connectivity index (χ1n) is 9.45. The maximum absolute atomic E-state index is 13.1. The lowest BCUT2D eigenvalue weighted by Crippen LogP contribution is -2.49. The Labute approximate surface area is 185 Å². The van der Waals surface area contributed by atoms with Crippen molar-refractivity contribution < 1.29 is 23.0 Å². The second kappa shape index (κ2) is 9.30. The number of nitrogens with one attached hydrogen (secondary N) is 1. The van der Waals surface area contributed by atoms with Gasteiger partial charge in [0.05, 0.1) is 24.4 Å². The summed E-state index contributed by atoms with van der Waals surface area (Å²) < 4.78 is 34.8. The van der Waals surface area contributed by atoms with Crippen LogP contribution in [0, 0.1) is 0 Å². The minimum Gasteiger partial charge on any atom is -0.495 e. The number of methoxy groups -OCH3 is 1. The number of allylic oxidation sites excluding steroid dienone is 1. The number of thiocarbonyl (C=S) groups is 1. The van der Waals surface area contributed by atoms with Gasteiger partial charge in [-0.05, 0) is 49.0 Å². The number of halogens is 2. The van der Waals surface area contributed by atoms with Gasteiger partial charge in [-0.15, -0.1) is 0 Å². The molecular weight excluding hydrogens is 424 g/mol.